The number of ether oxygens (including phenoxy) is 2. The van der Waals surface area contributed by atoms with Crippen molar-refractivity contribution in [1.82, 2.24) is 4.98 Å². The molecule has 1 atom stereocenters. The van der Waals surface area contributed by atoms with Crippen LogP contribution in [0.15, 0.2) is 36.5 Å². The van der Waals surface area contributed by atoms with E-state index in [2.05, 4.69) is 4.98 Å². The highest BCUT2D eigenvalue weighted by Crippen LogP contribution is 2.32. The molecule has 0 bridgehead atoms. The van der Waals surface area contributed by atoms with E-state index in [-0.39, 0.29) is 23.1 Å². The van der Waals surface area contributed by atoms with E-state index in [0.717, 1.165) is 0 Å². The maximum Gasteiger partial charge on any atom is 0.314 e. The molecular formula is C14H14N2O5. The predicted octanol–water partition coefficient (Wildman–Crippen LogP) is 2.84. The largest absolute Gasteiger partial charge is 0.490 e. The molecule has 0 radical (unpaired) electrons. The van der Waals surface area contributed by atoms with Gasteiger partial charge in [0.1, 0.15) is 5.75 Å². The van der Waals surface area contributed by atoms with Gasteiger partial charge in [0, 0.05) is 12.3 Å². The normalized spacial score (nSPS) is 11.8. The maximum absolute atomic E-state index is 11.0. The molecule has 1 aromatic heterocycles. The van der Waals surface area contributed by atoms with E-state index in [1.165, 1.54) is 25.4 Å². The summed E-state index contributed by atoms with van der Waals surface area (Å²) in [5.41, 5.74) is 0.449. The lowest BCUT2D eigenvalue weighted by molar-refractivity contribution is -0.385. The molecule has 1 aromatic carbocycles. The number of aliphatic hydroxyl groups is 1. The van der Waals surface area contributed by atoms with Crippen LogP contribution in [-0.2, 0) is 0 Å². The molecule has 2 aromatic rings. The Morgan fingerprint density at radius 3 is 2.71 bits per heavy atom. The third kappa shape index (κ3) is 3.46. The van der Waals surface area contributed by atoms with Crippen molar-refractivity contribution in [2.45, 2.75) is 13.0 Å². The first-order valence-corrected chi connectivity index (χ1v) is 6.15. The molecule has 0 saturated heterocycles. The minimum atomic E-state index is -0.652. The third-order valence-corrected chi connectivity index (χ3v) is 2.81. The third-order valence-electron chi connectivity index (χ3n) is 2.81. The van der Waals surface area contributed by atoms with Gasteiger partial charge in [-0.2, -0.15) is 0 Å². The van der Waals surface area contributed by atoms with Crippen LogP contribution in [0.5, 0.6) is 17.4 Å². The Labute approximate surface area is 120 Å². The summed E-state index contributed by atoms with van der Waals surface area (Å²) in [7, 11) is 1.36. The van der Waals surface area contributed by atoms with Crippen molar-refractivity contribution in [3.8, 4) is 17.4 Å². The van der Waals surface area contributed by atoms with Gasteiger partial charge in [-0.25, -0.2) is 4.98 Å². The van der Waals surface area contributed by atoms with Crippen LogP contribution in [0.25, 0.3) is 0 Å². The van der Waals surface area contributed by atoms with Gasteiger partial charge in [-0.1, -0.05) is 0 Å². The van der Waals surface area contributed by atoms with Gasteiger partial charge < -0.3 is 14.6 Å². The average molecular weight is 290 g/mol. The first-order chi connectivity index (χ1) is 10.0. The molecule has 0 amide bonds. The molecule has 0 aliphatic rings. The number of nitro benzene ring substituents is 1. The number of rotatable bonds is 5. The van der Waals surface area contributed by atoms with E-state index in [9.17, 15) is 15.2 Å². The number of hydrogen-bond acceptors (Lipinski definition) is 6. The minimum absolute atomic E-state index is 0.151. The molecule has 2 rings (SSSR count). The van der Waals surface area contributed by atoms with Crippen LogP contribution < -0.4 is 9.47 Å². The average Bonchev–Trinajstić information content (AvgIpc) is 2.47. The lowest BCUT2D eigenvalue weighted by Crippen LogP contribution is -1.96. The van der Waals surface area contributed by atoms with Gasteiger partial charge in [0.15, 0.2) is 5.75 Å². The molecule has 0 fully saturated rings. The first-order valence-electron chi connectivity index (χ1n) is 6.15. The summed E-state index contributed by atoms with van der Waals surface area (Å²) in [6.07, 6.45) is 0.843. The minimum Gasteiger partial charge on any atom is -0.490 e. The Morgan fingerprint density at radius 2 is 2.10 bits per heavy atom. The summed E-state index contributed by atoms with van der Waals surface area (Å²) in [6.45, 7) is 1.62. The van der Waals surface area contributed by atoms with E-state index >= 15 is 0 Å². The van der Waals surface area contributed by atoms with Crippen molar-refractivity contribution in [3.63, 3.8) is 0 Å². The molecule has 1 heterocycles. The molecule has 0 spiro atoms. The van der Waals surface area contributed by atoms with Crippen LogP contribution in [0.3, 0.4) is 0 Å². The lowest BCUT2D eigenvalue weighted by Gasteiger charge is -2.09. The highest BCUT2D eigenvalue weighted by Gasteiger charge is 2.16. The zero-order chi connectivity index (χ0) is 15.4. The number of aliphatic hydroxyl groups excluding tert-OH is 1. The number of nitro groups is 1. The Kier molecular flexibility index (Phi) is 4.34. The van der Waals surface area contributed by atoms with Crippen molar-refractivity contribution < 1.29 is 19.5 Å². The van der Waals surface area contributed by atoms with E-state index in [0.29, 0.717) is 5.56 Å². The van der Waals surface area contributed by atoms with Gasteiger partial charge in [-0.3, -0.25) is 10.1 Å². The van der Waals surface area contributed by atoms with Crippen LogP contribution >= 0.6 is 0 Å². The monoisotopic (exact) mass is 290 g/mol. The Balaban J connectivity index is 2.29. The maximum atomic E-state index is 11.0. The van der Waals surface area contributed by atoms with Crippen LogP contribution in [-0.4, -0.2) is 22.1 Å². The topological polar surface area (TPSA) is 94.7 Å². The van der Waals surface area contributed by atoms with E-state index in [4.69, 9.17) is 9.47 Å². The highest BCUT2D eigenvalue weighted by molar-refractivity contribution is 5.51. The van der Waals surface area contributed by atoms with E-state index in [1.807, 2.05) is 0 Å². The summed E-state index contributed by atoms with van der Waals surface area (Å²) in [5.74, 6) is 0.656. The van der Waals surface area contributed by atoms with Crippen molar-refractivity contribution in [3.05, 3.63) is 52.2 Å². The standard InChI is InChI=1S/C14H14N2O5/c1-9(17)10-5-6-15-14(7-10)21-11-3-4-13(20-2)12(8-11)16(18)19/h3-9,17H,1-2H3/t9-/m1/s1. The van der Waals surface area contributed by atoms with Crippen LogP contribution in [0.1, 0.15) is 18.6 Å². The summed E-state index contributed by atoms with van der Waals surface area (Å²) in [4.78, 5) is 14.4. The molecule has 7 nitrogen and oxygen atoms in total. The first kappa shape index (κ1) is 14.7. The van der Waals surface area contributed by atoms with Crippen LogP contribution in [0.4, 0.5) is 5.69 Å². The molecule has 110 valence electrons. The van der Waals surface area contributed by atoms with Crippen molar-refractivity contribution in [2.24, 2.45) is 0 Å². The smallest absolute Gasteiger partial charge is 0.314 e. The number of nitrogens with zero attached hydrogens (tertiary/aromatic N) is 2. The van der Waals surface area contributed by atoms with Gasteiger partial charge in [0.2, 0.25) is 5.88 Å². The second-order valence-electron chi connectivity index (χ2n) is 4.30. The number of hydrogen-bond donors (Lipinski definition) is 1. The SMILES string of the molecule is COc1ccc(Oc2cc([C@@H](C)O)ccn2)cc1[N+](=O)[O-]. The zero-order valence-electron chi connectivity index (χ0n) is 11.5. The molecule has 0 unspecified atom stereocenters. The predicted molar refractivity (Wildman–Crippen MR) is 74.6 cm³/mol. The number of methoxy groups -OCH3 is 1. The zero-order valence-corrected chi connectivity index (χ0v) is 11.5. The van der Waals surface area contributed by atoms with Crippen molar-refractivity contribution in [2.75, 3.05) is 7.11 Å². The molecule has 0 saturated carbocycles. The molecule has 7 heteroatoms. The molecule has 1 N–H and O–H groups in total. The summed E-state index contributed by atoms with van der Waals surface area (Å²) in [5, 5.41) is 20.5. The second-order valence-corrected chi connectivity index (χ2v) is 4.30. The van der Waals surface area contributed by atoms with Gasteiger partial charge in [-0.05, 0) is 30.7 Å². The number of aromatic nitrogens is 1. The summed E-state index contributed by atoms with van der Waals surface area (Å²) < 4.78 is 10.4. The number of pyridine rings is 1. The van der Waals surface area contributed by atoms with Crippen molar-refractivity contribution >= 4 is 5.69 Å². The van der Waals surface area contributed by atoms with Gasteiger partial charge in [0.25, 0.3) is 0 Å². The van der Waals surface area contributed by atoms with Gasteiger partial charge in [-0.15, -0.1) is 0 Å². The second kappa shape index (κ2) is 6.19. The molecular weight excluding hydrogens is 276 g/mol. The fraction of sp³-hybridized carbons (Fsp3) is 0.214. The number of benzene rings is 1. The highest BCUT2D eigenvalue weighted by atomic mass is 16.6. The van der Waals surface area contributed by atoms with Crippen LogP contribution in [0, 0.1) is 10.1 Å². The molecule has 21 heavy (non-hydrogen) atoms. The van der Waals surface area contributed by atoms with Gasteiger partial charge >= 0.3 is 5.69 Å². The molecule has 0 aliphatic carbocycles. The quantitative estimate of drug-likeness (QED) is 0.672. The summed E-state index contributed by atoms with van der Waals surface area (Å²) in [6, 6.07) is 7.48. The van der Waals surface area contributed by atoms with Crippen LogP contribution in [0.2, 0.25) is 0 Å². The Hall–Kier alpha value is -2.67. The van der Waals surface area contributed by atoms with Gasteiger partial charge in [0.05, 0.1) is 24.2 Å². The Bertz CT molecular complexity index is 658. The molecule has 0 aliphatic heterocycles. The van der Waals surface area contributed by atoms with Crippen molar-refractivity contribution in [1.29, 1.82) is 0 Å². The fourth-order valence-electron chi connectivity index (χ4n) is 1.74. The lowest BCUT2D eigenvalue weighted by atomic mass is 10.2. The summed E-state index contributed by atoms with van der Waals surface area (Å²) >= 11 is 0. The Morgan fingerprint density at radius 1 is 1.33 bits per heavy atom. The fourth-order valence-corrected chi connectivity index (χ4v) is 1.74. The van der Waals surface area contributed by atoms with E-state index in [1.54, 1.807) is 25.1 Å². The van der Waals surface area contributed by atoms with E-state index < -0.39 is 11.0 Å².